The molecule has 1 unspecified atom stereocenters. The van der Waals surface area contributed by atoms with Crippen molar-refractivity contribution in [3.8, 4) is 5.88 Å². The Balaban J connectivity index is 1.93. The van der Waals surface area contributed by atoms with Crippen molar-refractivity contribution in [2.45, 2.75) is 19.8 Å². The number of amides is 1. The van der Waals surface area contributed by atoms with Crippen molar-refractivity contribution in [3.63, 3.8) is 0 Å². The monoisotopic (exact) mass is 359 g/mol. The second-order valence-corrected chi connectivity index (χ2v) is 6.16. The van der Waals surface area contributed by atoms with Crippen molar-refractivity contribution < 1.29 is 14.3 Å². The van der Waals surface area contributed by atoms with E-state index in [0.717, 1.165) is 5.56 Å². The Morgan fingerprint density at radius 1 is 1.24 bits per heavy atom. The molecule has 1 amide bonds. The first-order valence-corrected chi connectivity index (χ1v) is 7.97. The van der Waals surface area contributed by atoms with Gasteiger partial charge in [0.2, 0.25) is 5.88 Å². The number of fused-ring (bicyclic) bond motifs is 1. The third kappa shape index (κ3) is 3.25. The number of carbonyl (C=O) groups excluding carboxylic acids is 1. The van der Waals surface area contributed by atoms with Crippen molar-refractivity contribution in [2.75, 3.05) is 0 Å². The van der Waals surface area contributed by atoms with Crippen LogP contribution in [0, 0.1) is 12.7 Å². The SMILES string of the molecule is Cc1ccc(Cl)c2c(N=NC(=O)C(C)c3ccc(F)cc3)c(O)[nH]c12. The average molecular weight is 360 g/mol. The number of rotatable bonds is 3. The van der Waals surface area contributed by atoms with Crippen LogP contribution in [0.4, 0.5) is 10.1 Å². The predicted octanol–water partition coefficient (Wildman–Crippen LogP) is 5.39. The van der Waals surface area contributed by atoms with Gasteiger partial charge in [-0.15, -0.1) is 10.2 Å². The second kappa shape index (κ2) is 6.64. The number of benzene rings is 2. The molecule has 0 fully saturated rings. The summed E-state index contributed by atoms with van der Waals surface area (Å²) in [7, 11) is 0. The number of nitrogens with one attached hydrogen (secondary N) is 1. The molecular weight excluding hydrogens is 345 g/mol. The van der Waals surface area contributed by atoms with Crippen LogP contribution in [0.2, 0.25) is 5.02 Å². The van der Waals surface area contributed by atoms with Crippen molar-refractivity contribution in [1.82, 2.24) is 4.98 Å². The summed E-state index contributed by atoms with van der Waals surface area (Å²) in [6.07, 6.45) is 0. The summed E-state index contributed by atoms with van der Waals surface area (Å²) in [4.78, 5) is 15.0. The second-order valence-electron chi connectivity index (χ2n) is 5.75. The van der Waals surface area contributed by atoms with Gasteiger partial charge in [0.25, 0.3) is 5.91 Å². The molecule has 0 radical (unpaired) electrons. The van der Waals surface area contributed by atoms with Gasteiger partial charge in [-0.05, 0) is 43.2 Å². The van der Waals surface area contributed by atoms with E-state index in [-0.39, 0.29) is 17.4 Å². The van der Waals surface area contributed by atoms with Crippen LogP contribution >= 0.6 is 11.6 Å². The largest absolute Gasteiger partial charge is 0.493 e. The third-order valence-corrected chi connectivity index (χ3v) is 4.37. The predicted molar refractivity (Wildman–Crippen MR) is 94.0 cm³/mol. The van der Waals surface area contributed by atoms with Crippen LogP contribution in [0.1, 0.15) is 24.0 Å². The molecule has 2 N–H and O–H groups in total. The molecule has 0 saturated heterocycles. The first-order chi connectivity index (χ1) is 11.9. The molecule has 3 aromatic rings. The highest BCUT2D eigenvalue weighted by atomic mass is 35.5. The fourth-order valence-electron chi connectivity index (χ4n) is 2.55. The van der Waals surface area contributed by atoms with Crippen LogP contribution in [0.3, 0.4) is 0 Å². The van der Waals surface area contributed by atoms with Crippen LogP contribution in [-0.4, -0.2) is 16.0 Å². The van der Waals surface area contributed by atoms with Gasteiger partial charge in [0.1, 0.15) is 5.82 Å². The van der Waals surface area contributed by atoms with Gasteiger partial charge in [-0.2, -0.15) is 0 Å². The van der Waals surface area contributed by atoms with Gasteiger partial charge in [0.15, 0.2) is 5.69 Å². The maximum absolute atomic E-state index is 13.0. The molecule has 1 heterocycles. The Morgan fingerprint density at radius 2 is 1.92 bits per heavy atom. The Hall–Kier alpha value is -2.73. The molecule has 0 aliphatic rings. The molecule has 25 heavy (non-hydrogen) atoms. The highest BCUT2D eigenvalue weighted by molar-refractivity contribution is 6.36. The normalized spacial score (nSPS) is 12.8. The molecular formula is C18H15ClFN3O2. The van der Waals surface area contributed by atoms with Crippen molar-refractivity contribution in [2.24, 2.45) is 10.2 Å². The standard InChI is InChI=1S/C18H15ClFN3O2/c1-9-3-8-13(19)14-15(9)21-18(25)16(14)22-23-17(24)10(2)11-4-6-12(20)7-5-11/h3-8,10,21,25H,1-2H3. The third-order valence-electron chi connectivity index (χ3n) is 4.06. The zero-order chi connectivity index (χ0) is 18.1. The van der Waals surface area contributed by atoms with E-state index < -0.39 is 11.8 Å². The maximum Gasteiger partial charge on any atom is 0.271 e. The summed E-state index contributed by atoms with van der Waals surface area (Å²) in [6, 6.07) is 9.11. The highest BCUT2D eigenvalue weighted by Gasteiger charge is 2.18. The van der Waals surface area contributed by atoms with E-state index in [1.54, 1.807) is 13.0 Å². The number of H-pyrrole nitrogens is 1. The zero-order valence-electron chi connectivity index (χ0n) is 13.5. The first kappa shape index (κ1) is 17.1. The van der Waals surface area contributed by atoms with Crippen molar-refractivity contribution in [1.29, 1.82) is 0 Å². The lowest BCUT2D eigenvalue weighted by atomic mass is 10.0. The quantitative estimate of drug-likeness (QED) is 0.615. The summed E-state index contributed by atoms with van der Waals surface area (Å²) in [6.45, 7) is 3.51. The molecule has 3 rings (SSSR count). The number of azo groups is 1. The molecule has 0 aliphatic carbocycles. The van der Waals surface area contributed by atoms with E-state index >= 15 is 0 Å². The summed E-state index contributed by atoms with van der Waals surface area (Å²) in [5.74, 6) is -1.69. The minimum atomic E-state index is -0.589. The number of aromatic hydroxyl groups is 1. The van der Waals surface area contributed by atoms with Crippen LogP contribution in [0.25, 0.3) is 10.9 Å². The number of halogens is 2. The molecule has 0 saturated carbocycles. The van der Waals surface area contributed by atoms with Crippen molar-refractivity contribution in [3.05, 3.63) is 58.4 Å². The van der Waals surface area contributed by atoms with Gasteiger partial charge in [-0.3, -0.25) is 4.79 Å². The zero-order valence-corrected chi connectivity index (χ0v) is 14.3. The Kier molecular flexibility index (Phi) is 4.55. The average Bonchev–Trinajstić information content (AvgIpc) is 2.94. The van der Waals surface area contributed by atoms with Gasteiger partial charge < -0.3 is 10.1 Å². The number of carbonyl (C=O) groups is 1. The summed E-state index contributed by atoms with van der Waals surface area (Å²) in [5, 5.41) is 18.6. The number of aromatic nitrogens is 1. The van der Waals surface area contributed by atoms with E-state index in [0.29, 0.717) is 21.5 Å². The Labute approximate surface area is 148 Å². The van der Waals surface area contributed by atoms with Gasteiger partial charge in [0, 0.05) is 0 Å². The van der Waals surface area contributed by atoms with Crippen LogP contribution in [0.5, 0.6) is 5.88 Å². The molecule has 0 bridgehead atoms. The molecule has 5 nitrogen and oxygen atoms in total. The fraction of sp³-hybridized carbons (Fsp3) is 0.167. The number of nitrogens with zero attached hydrogens (tertiary/aromatic N) is 2. The summed E-state index contributed by atoms with van der Waals surface area (Å²) < 4.78 is 13.0. The van der Waals surface area contributed by atoms with Gasteiger partial charge >= 0.3 is 0 Å². The van der Waals surface area contributed by atoms with E-state index in [4.69, 9.17) is 11.6 Å². The van der Waals surface area contributed by atoms with Gasteiger partial charge in [0.05, 0.1) is 21.8 Å². The van der Waals surface area contributed by atoms with Gasteiger partial charge in [-0.25, -0.2) is 4.39 Å². The van der Waals surface area contributed by atoms with Gasteiger partial charge in [-0.1, -0.05) is 29.8 Å². The van der Waals surface area contributed by atoms with Crippen molar-refractivity contribution >= 4 is 34.1 Å². The lowest BCUT2D eigenvalue weighted by molar-refractivity contribution is -0.119. The molecule has 128 valence electrons. The smallest absolute Gasteiger partial charge is 0.271 e. The number of hydrogen-bond donors (Lipinski definition) is 2. The molecule has 2 aromatic carbocycles. The van der Waals surface area contributed by atoms with Crippen LogP contribution in [0.15, 0.2) is 46.6 Å². The highest BCUT2D eigenvalue weighted by Crippen LogP contribution is 2.41. The molecule has 7 heteroatoms. The summed E-state index contributed by atoms with van der Waals surface area (Å²) in [5.41, 5.74) is 2.26. The summed E-state index contributed by atoms with van der Waals surface area (Å²) >= 11 is 6.18. The lowest BCUT2D eigenvalue weighted by Crippen LogP contribution is -2.05. The Morgan fingerprint density at radius 3 is 2.60 bits per heavy atom. The van der Waals surface area contributed by atoms with E-state index in [2.05, 4.69) is 15.2 Å². The lowest BCUT2D eigenvalue weighted by Gasteiger charge is -2.06. The van der Waals surface area contributed by atoms with E-state index in [1.807, 2.05) is 13.0 Å². The maximum atomic E-state index is 13.0. The first-order valence-electron chi connectivity index (χ1n) is 7.59. The molecule has 0 spiro atoms. The number of aromatic amines is 1. The molecule has 1 aromatic heterocycles. The van der Waals surface area contributed by atoms with Crippen LogP contribution in [-0.2, 0) is 4.79 Å². The molecule has 0 aliphatic heterocycles. The van der Waals surface area contributed by atoms with Crippen LogP contribution < -0.4 is 0 Å². The topological polar surface area (TPSA) is 77.8 Å². The Bertz CT molecular complexity index is 980. The minimum Gasteiger partial charge on any atom is -0.493 e. The minimum absolute atomic E-state index is 0.114. The number of hydrogen-bond acceptors (Lipinski definition) is 3. The van der Waals surface area contributed by atoms with E-state index in [1.165, 1.54) is 24.3 Å². The number of aryl methyl sites for hydroxylation is 1. The van der Waals surface area contributed by atoms with E-state index in [9.17, 15) is 14.3 Å². The fourth-order valence-corrected chi connectivity index (χ4v) is 2.79. The molecule has 1 atom stereocenters.